The number of thiazole rings is 1. The summed E-state index contributed by atoms with van der Waals surface area (Å²) in [7, 11) is 0. The van der Waals surface area contributed by atoms with Gasteiger partial charge in [-0.15, -0.1) is 11.3 Å². The second-order valence-corrected chi connectivity index (χ2v) is 8.01. The molecule has 0 aliphatic carbocycles. The highest BCUT2D eigenvalue weighted by molar-refractivity contribution is 7.13. The molecule has 0 saturated carbocycles. The van der Waals surface area contributed by atoms with Gasteiger partial charge in [0, 0.05) is 43.4 Å². The Balaban J connectivity index is 1.19. The van der Waals surface area contributed by atoms with Gasteiger partial charge in [0.15, 0.2) is 5.13 Å². The minimum Gasteiger partial charge on any atom is -0.491 e. The van der Waals surface area contributed by atoms with E-state index in [1.54, 1.807) is 11.3 Å². The Hall–Kier alpha value is -3.10. The van der Waals surface area contributed by atoms with Gasteiger partial charge in [0.1, 0.15) is 12.4 Å². The predicted molar refractivity (Wildman–Crippen MR) is 123 cm³/mol. The van der Waals surface area contributed by atoms with E-state index in [2.05, 4.69) is 15.2 Å². The van der Waals surface area contributed by atoms with Gasteiger partial charge in [-0.05, 0) is 29.8 Å². The third kappa shape index (κ3) is 6.19. The molecule has 1 fully saturated rings. The lowest BCUT2D eigenvalue weighted by molar-refractivity contribution is 0.0889. The van der Waals surface area contributed by atoms with Crippen molar-refractivity contribution in [2.45, 2.75) is 6.61 Å². The third-order valence-corrected chi connectivity index (χ3v) is 5.78. The van der Waals surface area contributed by atoms with Crippen molar-refractivity contribution in [1.29, 1.82) is 0 Å². The van der Waals surface area contributed by atoms with Crippen LogP contribution in [0.1, 0.15) is 5.56 Å². The maximum absolute atomic E-state index is 12.6. The van der Waals surface area contributed by atoms with Crippen molar-refractivity contribution in [2.24, 2.45) is 0 Å². The average molecular weight is 439 g/mol. The number of piperazine rings is 1. The van der Waals surface area contributed by atoms with Crippen molar-refractivity contribution in [3.63, 3.8) is 0 Å². The van der Waals surface area contributed by atoms with Gasteiger partial charge >= 0.3 is 6.03 Å². The zero-order valence-corrected chi connectivity index (χ0v) is 18.1. The predicted octanol–water partition coefficient (Wildman–Crippen LogP) is 4.09. The van der Waals surface area contributed by atoms with Gasteiger partial charge in [0.25, 0.3) is 0 Å². The number of ether oxygens (including phenoxy) is 2. The van der Waals surface area contributed by atoms with Crippen LogP contribution in [0.3, 0.4) is 0 Å². The molecule has 1 aliphatic rings. The lowest BCUT2D eigenvalue weighted by atomic mass is 10.2. The summed E-state index contributed by atoms with van der Waals surface area (Å²) in [5.41, 5.74) is 1.78. The molecular formula is C23H26N4O3S. The normalized spacial score (nSPS) is 13.8. The quantitative estimate of drug-likeness (QED) is 0.537. The molecular weight excluding hydrogens is 412 g/mol. The molecule has 1 aliphatic heterocycles. The molecule has 2 heterocycles. The first kappa shape index (κ1) is 21.1. The van der Waals surface area contributed by atoms with E-state index in [0.29, 0.717) is 32.9 Å². The number of anilines is 2. The van der Waals surface area contributed by atoms with E-state index in [1.165, 1.54) is 0 Å². The topological polar surface area (TPSA) is 66.9 Å². The summed E-state index contributed by atoms with van der Waals surface area (Å²) < 4.78 is 11.3. The number of carbonyl (C=O) groups excluding carboxylic acids is 1. The third-order valence-electron chi connectivity index (χ3n) is 4.94. The number of hydrogen-bond acceptors (Lipinski definition) is 6. The van der Waals surface area contributed by atoms with Crippen LogP contribution >= 0.6 is 11.3 Å². The van der Waals surface area contributed by atoms with E-state index in [1.807, 2.05) is 71.1 Å². The number of urea groups is 1. The average Bonchev–Trinajstić information content (AvgIpc) is 3.35. The molecule has 2 amide bonds. The first-order valence-electron chi connectivity index (χ1n) is 10.3. The fourth-order valence-electron chi connectivity index (χ4n) is 3.34. The maximum Gasteiger partial charge on any atom is 0.321 e. The Morgan fingerprint density at radius 3 is 2.65 bits per heavy atom. The summed E-state index contributed by atoms with van der Waals surface area (Å²) in [6, 6.07) is 17.4. The second kappa shape index (κ2) is 10.8. The summed E-state index contributed by atoms with van der Waals surface area (Å²) in [4.78, 5) is 21.0. The highest BCUT2D eigenvalue weighted by atomic mass is 32.1. The number of benzene rings is 2. The van der Waals surface area contributed by atoms with E-state index in [9.17, 15) is 4.79 Å². The number of amides is 2. The Kier molecular flexibility index (Phi) is 7.36. The molecule has 0 bridgehead atoms. The molecule has 0 radical (unpaired) electrons. The summed E-state index contributed by atoms with van der Waals surface area (Å²) in [6.07, 6.45) is 1.81. The summed E-state index contributed by atoms with van der Waals surface area (Å²) in [6.45, 7) is 4.39. The Bertz CT molecular complexity index is 944. The van der Waals surface area contributed by atoms with Gasteiger partial charge in [0.05, 0.1) is 13.2 Å². The Morgan fingerprint density at radius 2 is 1.87 bits per heavy atom. The lowest BCUT2D eigenvalue weighted by Gasteiger charge is -2.34. The first-order valence-corrected chi connectivity index (χ1v) is 11.2. The number of aromatic nitrogens is 1. The fraction of sp³-hybridized carbons (Fsp3) is 0.304. The minimum absolute atomic E-state index is 0.0758. The van der Waals surface area contributed by atoms with E-state index in [4.69, 9.17) is 9.47 Å². The van der Waals surface area contributed by atoms with Crippen LogP contribution in [0.5, 0.6) is 5.75 Å². The highest BCUT2D eigenvalue weighted by Gasteiger charge is 2.22. The smallest absolute Gasteiger partial charge is 0.321 e. The van der Waals surface area contributed by atoms with Gasteiger partial charge < -0.3 is 24.6 Å². The maximum atomic E-state index is 12.6. The molecule has 1 saturated heterocycles. The largest absolute Gasteiger partial charge is 0.491 e. The van der Waals surface area contributed by atoms with Gasteiger partial charge in [0.2, 0.25) is 0 Å². The molecule has 3 aromatic rings. The number of nitrogens with zero attached hydrogens (tertiary/aromatic N) is 3. The van der Waals surface area contributed by atoms with Crippen molar-refractivity contribution in [3.8, 4) is 5.75 Å². The number of rotatable bonds is 8. The number of hydrogen-bond donors (Lipinski definition) is 1. The van der Waals surface area contributed by atoms with Crippen molar-refractivity contribution >= 4 is 28.2 Å². The monoisotopic (exact) mass is 438 g/mol. The lowest BCUT2D eigenvalue weighted by Crippen LogP contribution is -2.50. The summed E-state index contributed by atoms with van der Waals surface area (Å²) >= 11 is 1.63. The van der Waals surface area contributed by atoms with E-state index >= 15 is 0 Å². The van der Waals surface area contributed by atoms with Crippen LogP contribution in [0.4, 0.5) is 15.6 Å². The first-order chi connectivity index (χ1) is 15.3. The number of para-hydroxylation sites is 1. The molecule has 1 N–H and O–H groups in total. The van der Waals surface area contributed by atoms with Crippen LogP contribution in [0.15, 0.2) is 66.2 Å². The van der Waals surface area contributed by atoms with E-state index in [-0.39, 0.29) is 6.03 Å². The van der Waals surface area contributed by atoms with Crippen LogP contribution in [0.2, 0.25) is 0 Å². The standard InChI is InChI=1S/C23H26N4O3S/c28-22(26-10-12-27(13-11-26)23-24-9-16-31-23)25-20-6-4-5-19(17-20)18-29-14-15-30-21-7-2-1-3-8-21/h1-9,16-17H,10-15,18H2,(H,25,28). The number of nitrogens with one attached hydrogen (secondary N) is 1. The van der Waals surface area contributed by atoms with E-state index in [0.717, 1.165) is 35.2 Å². The minimum atomic E-state index is -0.0758. The molecule has 1 aromatic heterocycles. The van der Waals surface area contributed by atoms with Crippen molar-refractivity contribution < 1.29 is 14.3 Å². The van der Waals surface area contributed by atoms with Crippen molar-refractivity contribution in [1.82, 2.24) is 9.88 Å². The van der Waals surface area contributed by atoms with Crippen molar-refractivity contribution in [2.75, 3.05) is 49.6 Å². The molecule has 2 aromatic carbocycles. The highest BCUT2D eigenvalue weighted by Crippen LogP contribution is 2.19. The summed E-state index contributed by atoms with van der Waals surface area (Å²) in [5, 5.41) is 5.99. The van der Waals surface area contributed by atoms with Gasteiger partial charge in [-0.25, -0.2) is 9.78 Å². The molecule has 162 valence electrons. The molecule has 31 heavy (non-hydrogen) atoms. The Labute approximate surface area is 186 Å². The summed E-state index contributed by atoms with van der Waals surface area (Å²) in [5.74, 6) is 0.836. The van der Waals surface area contributed by atoms with Crippen LogP contribution in [0.25, 0.3) is 0 Å². The molecule has 7 nitrogen and oxygen atoms in total. The van der Waals surface area contributed by atoms with Crippen molar-refractivity contribution in [3.05, 3.63) is 71.7 Å². The molecule has 0 unspecified atom stereocenters. The zero-order valence-electron chi connectivity index (χ0n) is 17.3. The second-order valence-electron chi connectivity index (χ2n) is 7.13. The number of carbonyl (C=O) groups is 1. The molecule has 0 spiro atoms. The zero-order chi connectivity index (χ0) is 21.3. The Morgan fingerprint density at radius 1 is 1.03 bits per heavy atom. The van der Waals surface area contributed by atoms with Gasteiger partial charge in [-0.1, -0.05) is 30.3 Å². The SMILES string of the molecule is O=C(Nc1cccc(COCCOc2ccccc2)c1)N1CCN(c2nccs2)CC1. The molecule has 0 atom stereocenters. The van der Waals surface area contributed by atoms with E-state index < -0.39 is 0 Å². The van der Waals surface area contributed by atoms with Crippen LogP contribution in [-0.4, -0.2) is 55.3 Å². The molecule has 8 heteroatoms. The van der Waals surface area contributed by atoms with Gasteiger partial charge in [-0.3, -0.25) is 0 Å². The van der Waals surface area contributed by atoms with Crippen LogP contribution in [-0.2, 0) is 11.3 Å². The van der Waals surface area contributed by atoms with Crippen LogP contribution < -0.4 is 15.0 Å². The molecule has 4 rings (SSSR count). The fourth-order valence-corrected chi connectivity index (χ4v) is 4.04. The van der Waals surface area contributed by atoms with Gasteiger partial charge in [-0.2, -0.15) is 0 Å². The van der Waals surface area contributed by atoms with Crippen LogP contribution in [0, 0.1) is 0 Å².